The summed E-state index contributed by atoms with van der Waals surface area (Å²) in [7, 11) is -9.01. The third kappa shape index (κ3) is 6.70. The van der Waals surface area contributed by atoms with Crippen molar-refractivity contribution in [3.05, 3.63) is 12.1 Å². The molecule has 0 saturated carbocycles. The Morgan fingerprint density at radius 3 is 2.51 bits per heavy atom. The Morgan fingerprint density at radius 2 is 1.94 bits per heavy atom. The fourth-order valence-corrected chi connectivity index (χ4v) is 6.59. The number of primary sulfonamides is 1. The maximum absolute atomic E-state index is 13.0. The van der Waals surface area contributed by atoms with Gasteiger partial charge >= 0.3 is 0 Å². The highest BCUT2D eigenvalue weighted by atomic mass is 32.2. The van der Waals surface area contributed by atoms with Crippen LogP contribution in [0.15, 0.2) is 21.9 Å². The number of rotatable bonds is 12. The van der Waals surface area contributed by atoms with Gasteiger partial charge in [-0.25, -0.2) is 26.7 Å². The van der Waals surface area contributed by atoms with E-state index in [9.17, 15) is 21.9 Å². The molecule has 9 N–H and O–H groups in total. The number of nitrogens with one attached hydrogen (secondary N) is 3. The number of aromatic nitrogens is 4. The molecular formula is C18H31N9O6S2. The SMILES string of the molecule is NCC(O)CNS(=O)(=O)c1ccc(N2CCC(CNCCO)CC2)c(-c2nn[nH]n2)c1S(N)(=O)=O. The quantitative estimate of drug-likeness (QED) is 0.134. The van der Waals surface area contributed by atoms with E-state index in [1.165, 1.54) is 6.07 Å². The van der Waals surface area contributed by atoms with Crippen LogP contribution in [0.5, 0.6) is 0 Å². The Bertz CT molecular complexity index is 1180. The van der Waals surface area contributed by atoms with Gasteiger partial charge in [-0.3, -0.25) is 0 Å². The Balaban J connectivity index is 2.04. The molecule has 1 fully saturated rings. The van der Waals surface area contributed by atoms with Gasteiger partial charge in [0.05, 0.1) is 18.3 Å². The molecule has 0 aliphatic carbocycles. The molecule has 0 bridgehead atoms. The summed E-state index contributed by atoms with van der Waals surface area (Å²) in [6.07, 6.45) is 0.410. The molecule has 2 heterocycles. The van der Waals surface area contributed by atoms with E-state index in [2.05, 4.69) is 30.7 Å². The third-order valence-corrected chi connectivity index (χ3v) is 8.29. The number of H-pyrrole nitrogens is 1. The van der Waals surface area contributed by atoms with E-state index in [-0.39, 0.29) is 24.5 Å². The van der Waals surface area contributed by atoms with Crippen molar-refractivity contribution >= 4 is 25.7 Å². The molecule has 3 rings (SSSR count). The van der Waals surface area contributed by atoms with E-state index < -0.39 is 42.5 Å². The first-order chi connectivity index (χ1) is 16.6. The molecular weight excluding hydrogens is 502 g/mol. The molecule has 0 amide bonds. The van der Waals surface area contributed by atoms with Crippen LogP contribution in [0.4, 0.5) is 5.69 Å². The van der Waals surface area contributed by atoms with Crippen LogP contribution in [0, 0.1) is 5.92 Å². The molecule has 1 aliphatic rings. The number of hydrogen-bond acceptors (Lipinski definition) is 12. The number of aromatic amines is 1. The second-order valence-corrected chi connectivity index (χ2v) is 11.4. The summed E-state index contributed by atoms with van der Waals surface area (Å²) in [5.74, 6) is 0.233. The topological polar surface area (TPSA) is 243 Å². The highest BCUT2D eigenvalue weighted by molar-refractivity contribution is 7.92. The van der Waals surface area contributed by atoms with Crippen molar-refractivity contribution in [3.8, 4) is 11.4 Å². The van der Waals surface area contributed by atoms with Crippen LogP contribution in [0.25, 0.3) is 11.4 Å². The molecule has 1 saturated heterocycles. The second kappa shape index (κ2) is 11.7. The minimum atomic E-state index is -4.59. The van der Waals surface area contributed by atoms with E-state index in [0.29, 0.717) is 31.2 Å². The van der Waals surface area contributed by atoms with Crippen molar-refractivity contribution in [2.45, 2.75) is 28.7 Å². The van der Waals surface area contributed by atoms with Gasteiger partial charge in [0.1, 0.15) is 9.79 Å². The van der Waals surface area contributed by atoms with Crippen molar-refractivity contribution in [1.29, 1.82) is 0 Å². The minimum Gasteiger partial charge on any atom is -0.395 e. The normalized spacial score (nSPS) is 16.5. The zero-order chi connectivity index (χ0) is 25.6. The zero-order valence-corrected chi connectivity index (χ0v) is 20.6. The first kappa shape index (κ1) is 27.3. The molecule has 1 aliphatic heterocycles. The molecule has 2 aromatic rings. The van der Waals surface area contributed by atoms with Gasteiger partial charge in [0.2, 0.25) is 25.9 Å². The summed E-state index contributed by atoms with van der Waals surface area (Å²) in [5.41, 5.74) is 5.64. The summed E-state index contributed by atoms with van der Waals surface area (Å²) in [6, 6.07) is 2.64. The summed E-state index contributed by atoms with van der Waals surface area (Å²) in [5, 5.41) is 40.8. The zero-order valence-electron chi connectivity index (χ0n) is 19.0. The lowest BCUT2D eigenvalue weighted by Gasteiger charge is -2.35. The monoisotopic (exact) mass is 533 g/mol. The maximum Gasteiger partial charge on any atom is 0.242 e. The average molecular weight is 534 g/mol. The van der Waals surface area contributed by atoms with Crippen LogP contribution < -0.4 is 25.8 Å². The van der Waals surface area contributed by atoms with Gasteiger partial charge in [-0.05, 0) is 42.7 Å². The van der Waals surface area contributed by atoms with E-state index in [4.69, 9.17) is 16.0 Å². The summed E-state index contributed by atoms with van der Waals surface area (Å²) >= 11 is 0. The molecule has 1 atom stereocenters. The van der Waals surface area contributed by atoms with Crippen molar-refractivity contribution < 1.29 is 27.0 Å². The lowest BCUT2D eigenvalue weighted by Crippen LogP contribution is -2.39. The van der Waals surface area contributed by atoms with E-state index in [1.807, 2.05) is 4.90 Å². The summed E-state index contributed by atoms with van der Waals surface area (Å²) in [6.45, 7) is 1.82. The largest absolute Gasteiger partial charge is 0.395 e. The van der Waals surface area contributed by atoms with Crippen molar-refractivity contribution in [1.82, 2.24) is 30.7 Å². The van der Waals surface area contributed by atoms with Crippen LogP contribution in [-0.4, -0.2) is 99.7 Å². The lowest BCUT2D eigenvalue weighted by molar-refractivity contribution is 0.186. The van der Waals surface area contributed by atoms with Crippen molar-refractivity contribution in [2.24, 2.45) is 16.8 Å². The Kier molecular flexibility index (Phi) is 9.11. The van der Waals surface area contributed by atoms with Crippen molar-refractivity contribution in [2.75, 3.05) is 50.8 Å². The molecule has 0 radical (unpaired) electrons. The Labute approximate surface area is 203 Å². The maximum atomic E-state index is 13.0. The number of aliphatic hydroxyl groups is 2. The minimum absolute atomic E-state index is 0.0541. The van der Waals surface area contributed by atoms with E-state index in [0.717, 1.165) is 25.5 Å². The molecule has 1 unspecified atom stereocenters. The van der Waals surface area contributed by atoms with Crippen LogP contribution in [0.2, 0.25) is 0 Å². The number of nitrogens with zero attached hydrogens (tertiary/aromatic N) is 4. The van der Waals surface area contributed by atoms with Crippen LogP contribution in [0.1, 0.15) is 12.8 Å². The van der Waals surface area contributed by atoms with Gasteiger partial charge in [-0.1, -0.05) is 0 Å². The standard InChI is InChI=1S/C18H31N9O6S2/c19-9-13(29)11-22-35(32,33)15-2-1-14(27-6-3-12(4-7-27)10-21-5-8-28)16(17(15)34(20,30)31)18-23-25-26-24-18/h1-2,12-13,21-22,28-29H,3-11,19H2,(H2,20,30,31)(H,23,24,25,26). The molecule has 1 aromatic heterocycles. The highest BCUT2D eigenvalue weighted by Gasteiger charge is 2.34. The summed E-state index contributed by atoms with van der Waals surface area (Å²) in [4.78, 5) is 0.652. The average Bonchev–Trinajstić information content (AvgIpc) is 3.36. The molecule has 17 heteroatoms. The lowest BCUT2D eigenvalue weighted by atomic mass is 9.95. The molecule has 0 spiro atoms. The summed E-state index contributed by atoms with van der Waals surface area (Å²) < 4.78 is 53.6. The Morgan fingerprint density at radius 1 is 1.23 bits per heavy atom. The number of anilines is 1. The first-order valence-electron chi connectivity index (χ1n) is 11.0. The number of tetrazole rings is 1. The molecule has 35 heavy (non-hydrogen) atoms. The fourth-order valence-electron chi connectivity index (χ4n) is 3.92. The van der Waals surface area contributed by atoms with Gasteiger partial charge in [-0.2, -0.15) is 5.21 Å². The second-order valence-electron chi connectivity index (χ2n) is 8.17. The van der Waals surface area contributed by atoms with Gasteiger partial charge < -0.3 is 26.2 Å². The predicted molar refractivity (Wildman–Crippen MR) is 126 cm³/mol. The number of nitrogens with two attached hydrogens (primary N) is 2. The van der Waals surface area contributed by atoms with E-state index >= 15 is 0 Å². The van der Waals surface area contributed by atoms with Crippen LogP contribution in [0.3, 0.4) is 0 Å². The van der Waals surface area contributed by atoms with Gasteiger partial charge in [0.15, 0.2) is 0 Å². The highest BCUT2D eigenvalue weighted by Crippen LogP contribution is 2.39. The third-order valence-electron chi connectivity index (χ3n) is 5.70. The molecule has 15 nitrogen and oxygen atoms in total. The van der Waals surface area contributed by atoms with Gasteiger partial charge in [0, 0.05) is 38.4 Å². The van der Waals surface area contributed by atoms with E-state index in [1.54, 1.807) is 0 Å². The molecule has 196 valence electrons. The van der Waals surface area contributed by atoms with Gasteiger partial charge in [-0.15, -0.1) is 10.2 Å². The number of piperidine rings is 1. The predicted octanol–water partition coefficient (Wildman–Crippen LogP) is -3.09. The van der Waals surface area contributed by atoms with Crippen LogP contribution >= 0.6 is 0 Å². The van der Waals surface area contributed by atoms with Gasteiger partial charge in [0.25, 0.3) is 0 Å². The van der Waals surface area contributed by atoms with Crippen molar-refractivity contribution in [3.63, 3.8) is 0 Å². The molecule has 1 aromatic carbocycles. The smallest absolute Gasteiger partial charge is 0.242 e. The number of sulfonamides is 2. The fraction of sp³-hybridized carbons (Fsp3) is 0.611. The first-order valence-corrected chi connectivity index (χ1v) is 14.0. The number of aliphatic hydroxyl groups excluding tert-OH is 2. The number of benzene rings is 1. The number of hydrogen-bond donors (Lipinski definition) is 7. The Hall–Kier alpha value is -2.25. The van der Waals surface area contributed by atoms with Crippen LogP contribution in [-0.2, 0) is 20.0 Å².